The smallest absolute Gasteiger partial charge is 0.129 e. The Hall–Kier alpha value is -1.33. The van der Waals surface area contributed by atoms with Crippen molar-refractivity contribution in [1.82, 2.24) is 0 Å². The molecule has 1 nitrogen and oxygen atoms in total. The summed E-state index contributed by atoms with van der Waals surface area (Å²) in [5.74, 6) is 3.11. The molecule has 0 unspecified atom stereocenters. The van der Waals surface area contributed by atoms with Gasteiger partial charge in [0.25, 0.3) is 0 Å². The molecule has 0 aromatic heterocycles. The predicted octanol–water partition coefficient (Wildman–Crippen LogP) is 2.99. The summed E-state index contributed by atoms with van der Waals surface area (Å²) in [6.45, 7) is 7.32. The van der Waals surface area contributed by atoms with Crippen molar-refractivity contribution in [1.29, 1.82) is 0 Å². The van der Waals surface area contributed by atoms with Gasteiger partial charge in [-0.1, -0.05) is 55.9 Å². The van der Waals surface area contributed by atoms with E-state index in [0.29, 0.717) is 6.54 Å². The summed E-state index contributed by atoms with van der Waals surface area (Å²) < 4.78 is 0. The first-order valence-electron chi connectivity index (χ1n) is 5.13. The maximum absolute atomic E-state index is 4.27. The lowest BCUT2D eigenvalue weighted by Crippen LogP contribution is -2.16. The minimum atomic E-state index is -1.22. The Kier molecular flexibility index (Phi) is 4.32. The quantitative estimate of drug-likeness (QED) is 0.408. The van der Waals surface area contributed by atoms with Crippen molar-refractivity contribution in [3.63, 3.8) is 0 Å². The fraction of sp³-hybridized carbons (Fsp3) is 0.308. The Bertz CT molecular complexity index is 376. The molecule has 1 aromatic rings. The van der Waals surface area contributed by atoms with Crippen LogP contribution in [-0.2, 0) is 0 Å². The van der Waals surface area contributed by atoms with Crippen molar-refractivity contribution in [2.45, 2.75) is 19.6 Å². The second-order valence-electron chi connectivity index (χ2n) is 4.43. The summed E-state index contributed by atoms with van der Waals surface area (Å²) in [6, 6.07) is 10.1. The second-order valence-corrected chi connectivity index (χ2v) is 9.18. The largest absolute Gasteiger partial charge is 0.280 e. The first-order valence-corrected chi connectivity index (χ1v) is 8.63. The maximum Gasteiger partial charge on any atom is 0.129 e. The molecule has 0 amide bonds. The number of hydrogen-bond donors (Lipinski definition) is 0. The molecule has 0 fully saturated rings. The molecule has 15 heavy (non-hydrogen) atoms. The standard InChI is InChI=1S/C13H17NSi/c1-15(2,3)11-7-10-14-12-13-8-5-4-6-9-13/h4-6,8-9,12H,10H2,1-3H3/b14-12-. The van der Waals surface area contributed by atoms with Crippen LogP contribution < -0.4 is 0 Å². The molecule has 0 radical (unpaired) electrons. The molecule has 0 aliphatic heterocycles. The highest BCUT2D eigenvalue weighted by Crippen LogP contribution is 1.96. The fourth-order valence-corrected chi connectivity index (χ4v) is 1.65. The van der Waals surface area contributed by atoms with Gasteiger partial charge in [0.1, 0.15) is 8.07 Å². The monoisotopic (exact) mass is 215 g/mol. The summed E-state index contributed by atoms with van der Waals surface area (Å²) in [4.78, 5) is 4.27. The lowest BCUT2D eigenvalue weighted by Gasteiger charge is -2.02. The predicted molar refractivity (Wildman–Crippen MR) is 70.0 cm³/mol. The number of rotatable bonds is 2. The molecule has 1 rings (SSSR count). The summed E-state index contributed by atoms with van der Waals surface area (Å²) in [5, 5.41) is 0. The van der Waals surface area contributed by atoms with Crippen LogP contribution in [0.25, 0.3) is 0 Å². The summed E-state index contributed by atoms with van der Waals surface area (Å²) >= 11 is 0. The minimum Gasteiger partial charge on any atom is -0.280 e. The first kappa shape index (κ1) is 11.7. The lowest BCUT2D eigenvalue weighted by molar-refractivity contribution is 1.30. The SMILES string of the molecule is C[Si](C)(C)C#CC/N=C\c1ccccc1. The Morgan fingerprint density at radius 2 is 1.87 bits per heavy atom. The fourth-order valence-electron chi connectivity index (χ4n) is 1.04. The zero-order chi connectivity index (χ0) is 11.1. The number of nitrogens with zero attached hydrogens (tertiary/aromatic N) is 1. The van der Waals surface area contributed by atoms with Crippen molar-refractivity contribution in [2.24, 2.45) is 4.99 Å². The molecule has 1 aromatic carbocycles. The summed E-state index contributed by atoms with van der Waals surface area (Å²) in [6.07, 6.45) is 1.87. The molecule has 0 heterocycles. The molecular weight excluding hydrogens is 198 g/mol. The van der Waals surface area contributed by atoms with E-state index in [0.717, 1.165) is 5.56 Å². The van der Waals surface area contributed by atoms with Crippen LogP contribution in [0.1, 0.15) is 5.56 Å². The Labute approximate surface area is 93.3 Å². The van der Waals surface area contributed by atoms with Crippen molar-refractivity contribution < 1.29 is 0 Å². The maximum atomic E-state index is 4.27. The molecule has 2 heteroatoms. The normalized spacial score (nSPS) is 11.1. The third-order valence-corrected chi connectivity index (χ3v) is 2.60. The second kappa shape index (κ2) is 5.52. The Morgan fingerprint density at radius 3 is 2.47 bits per heavy atom. The Balaban J connectivity index is 2.44. The summed E-state index contributed by atoms with van der Waals surface area (Å²) in [5.41, 5.74) is 4.42. The third kappa shape index (κ3) is 5.87. The van der Waals surface area contributed by atoms with Crippen LogP contribution in [0.3, 0.4) is 0 Å². The van der Waals surface area contributed by atoms with E-state index in [1.165, 1.54) is 0 Å². The van der Waals surface area contributed by atoms with Crippen molar-refractivity contribution >= 4 is 14.3 Å². The van der Waals surface area contributed by atoms with Crippen molar-refractivity contribution in [2.75, 3.05) is 6.54 Å². The van der Waals surface area contributed by atoms with Gasteiger partial charge in [-0.15, -0.1) is 5.54 Å². The molecule has 0 saturated heterocycles. The van der Waals surface area contributed by atoms with E-state index in [9.17, 15) is 0 Å². The Morgan fingerprint density at radius 1 is 1.20 bits per heavy atom. The number of benzene rings is 1. The van der Waals surface area contributed by atoms with Gasteiger partial charge in [0.05, 0.1) is 6.54 Å². The van der Waals surface area contributed by atoms with E-state index in [4.69, 9.17) is 0 Å². The molecule has 0 aliphatic rings. The molecule has 0 aliphatic carbocycles. The summed E-state index contributed by atoms with van der Waals surface area (Å²) in [7, 11) is -1.22. The molecule has 0 saturated carbocycles. The minimum absolute atomic E-state index is 0.610. The molecule has 0 atom stereocenters. The van der Waals surface area contributed by atoms with Crippen LogP contribution in [0.2, 0.25) is 19.6 Å². The van der Waals surface area contributed by atoms with Crippen LogP contribution in [0, 0.1) is 11.5 Å². The van der Waals surface area contributed by atoms with E-state index in [-0.39, 0.29) is 0 Å². The van der Waals surface area contributed by atoms with E-state index in [1.54, 1.807) is 0 Å². The van der Waals surface area contributed by atoms with Crippen LogP contribution in [-0.4, -0.2) is 20.8 Å². The van der Waals surface area contributed by atoms with Crippen LogP contribution >= 0.6 is 0 Å². The molecule has 0 N–H and O–H groups in total. The van der Waals surface area contributed by atoms with Crippen molar-refractivity contribution in [3.8, 4) is 11.5 Å². The molecule has 78 valence electrons. The van der Waals surface area contributed by atoms with Gasteiger partial charge in [-0.05, 0) is 5.56 Å². The highest BCUT2D eigenvalue weighted by molar-refractivity contribution is 6.83. The first-order chi connectivity index (χ1) is 7.08. The zero-order valence-electron chi connectivity index (χ0n) is 9.62. The van der Waals surface area contributed by atoms with Gasteiger partial charge < -0.3 is 0 Å². The average Bonchev–Trinajstić information content (AvgIpc) is 2.17. The highest BCUT2D eigenvalue weighted by Gasteiger charge is 2.06. The highest BCUT2D eigenvalue weighted by atomic mass is 28.3. The van der Waals surface area contributed by atoms with Crippen LogP contribution in [0.5, 0.6) is 0 Å². The van der Waals surface area contributed by atoms with Gasteiger partial charge in [0.2, 0.25) is 0 Å². The third-order valence-electron chi connectivity index (χ3n) is 1.67. The zero-order valence-corrected chi connectivity index (χ0v) is 10.6. The van der Waals surface area contributed by atoms with E-state index >= 15 is 0 Å². The molecule has 0 bridgehead atoms. The van der Waals surface area contributed by atoms with Gasteiger partial charge in [-0.3, -0.25) is 4.99 Å². The topological polar surface area (TPSA) is 12.4 Å². The van der Waals surface area contributed by atoms with Crippen LogP contribution in [0.4, 0.5) is 0 Å². The van der Waals surface area contributed by atoms with Gasteiger partial charge >= 0.3 is 0 Å². The van der Waals surface area contributed by atoms with Crippen molar-refractivity contribution in [3.05, 3.63) is 35.9 Å². The van der Waals surface area contributed by atoms with E-state index < -0.39 is 8.07 Å². The number of aliphatic imine (C=N–C) groups is 1. The molecular formula is C13H17NSi. The van der Waals surface area contributed by atoms with Gasteiger partial charge in [-0.25, -0.2) is 0 Å². The average molecular weight is 215 g/mol. The van der Waals surface area contributed by atoms with E-state index in [1.807, 2.05) is 36.5 Å². The van der Waals surface area contributed by atoms with Gasteiger partial charge in [0.15, 0.2) is 0 Å². The van der Waals surface area contributed by atoms with Gasteiger partial charge in [-0.2, -0.15) is 0 Å². The number of hydrogen-bond acceptors (Lipinski definition) is 1. The lowest BCUT2D eigenvalue weighted by atomic mass is 10.2. The van der Waals surface area contributed by atoms with E-state index in [2.05, 4.69) is 36.1 Å². The van der Waals surface area contributed by atoms with Crippen LogP contribution in [0.15, 0.2) is 35.3 Å². The molecule has 0 spiro atoms. The van der Waals surface area contributed by atoms with Gasteiger partial charge in [0, 0.05) is 6.21 Å².